The number of anilines is 3. The van der Waals surface area contributed by atoms with E-state index in [-0.39, 0.29) is 23.5 Å². The van der Waals surface area contributed by atoms with Crippen molar-refractivity contribution < 1.29 is 18.7 Å². The molecule has 6 heterocycles. The van der Waals surface area contributed by atoms with E-state index in [2.05, 4.69) is 20.6 Å². The van der Waals surface area contributed by atoms with E-state index in [1.165, 1.54) is 6.20 Å². The minimum Gasteiger partial charge on any atom is -0.368 e. The molecule has 2 fully saturated rings. The maximum Gasteiger partial charge on any atom is 0.252 e. The Morgan fingerprint density at radius 1 is 1.27 bits per heavy atom. The number of hydrogen-bond acceptors (Lipinski definition) is 7. The molecule has 3 aliphatic rings. The Kier molecular flexibility index (Phi) is 6.00. The quantitative estimate of drug-likeness (QED) is 0.369. The molecule has 2 unspecified atom stereocenters. The van der Waals surface area contributed by atoms with E-state index in [1.807, 2.05) is 48.7 Å². The number of para-hydroxylation sites is 1. The van der Waals surface area contributed by atoms with Crippen LogP contribution in [0.2, 0.25) is 0 Å². The van der Waals surface area contributed by atoms with Crippen molar-refractivity contribution in [2.75, 3.05) is 23.8 Å². The summed E-state index contributed by atoms with van der Waals surface area (Å²) >= 11 is 0. The van der Waals surface area contributed by atoms with Crippen LogP contribution in [0, 0.1) is 5.82 Å². The van der Waals surface area contributed by atoms with Crippen molar-refractivity contribution >= 4 is 40.0 Å². The number of hydrogen-bond donors (Lipinski definition) is 2. The molecular weight excluding hydrogens is 525 g/mol. The average Bonchev–Trinajstić information content (AvgIpc) is 3.48. The van der Waals surface area contributed by atoms with E-state index >= 15 is 0 Å². The minimum atomic E-state index is -0.808. The molecule has 7 rings (SSSR count). The lowest BCUT2D eigenvalue weighted by molar-refractivity contribution is -0.162. The van der Waals surface area contributed by atoms with Crippen molar-refractivity contribution in [2.45, 2.75) is 56.7 Å². The number of ether oxygens (including phenoxy) is 1. The van der Waals surface area contributed by atoms with E-state index in [1.54, 1.807) is 17.3 Å². The van der Waals surface area contributed by atoms with Gasteiger partial charge < -0.3 is 24.8 Å². The van der Waals surface area contributed by atoms with Crippen LogP contribution in [-0.2, 0) is 19.7 Å². The van der Waals surface area contributed by atoms with Crippen LogP contribution in [0.1, 0.15) is 56.5 Å². The first-order valence-electron chi connectivity index (χ1n) is 13.9. The van der Waals surface area contributed by atoms with Crippen LogP contribution in [0.15, 0.2) is 55.1 Å². The van der Waals surface area contributed by atoms with E-state index in [0.717, 1.165) is 23.0 Å². The van der Waals surface area contributed by atoms with Gasteiger partial charge in [0.05, 0.1) is 47.5 Å². The number of nitrogens with zero attached hydrogens (tertiary/aromatic N) is 5. The number of likely N-dealkylation sites (tertiary alicyclic amines) is 1. The first-order valence-corrected chi connectivity index (χ1v) is 13.9. The van der Waals surface area contributed by atoms with Crippen LogP contribution in [0.25, 0.3) is 11.0 Å². The Balaban J connectivity index is 1.37. The number of benzene rings is 1. The fraction of sp³-hybridized carbons (Fsp3) is 0.367. The van der Waals surface area contributed by atoms with Gasteiger partial charge in [0, 0.05) is 30.9 Å². The highest BCUT2D eigenvalue weighted by molar-refractivity contribution is 6.06. The van der Waals surface area contributed by atoms with E-state index in [4.69, 9.17) is 9.72 Å². The molecule has 3 atom stereocenters. The van der Waals surface area contributed by atoms with E-state index in [0.29, 0.717) is 49.4 Å². The number of piperidine rings is 1. The molecule has 4 aromatic rings. The van der Waals surface area contributed by atoms with Crippen molar-refractivity contribution in [3.8, 4) is 0 Å². The SMILES string of the molecule is CC(C)n1cnc2cc([C@H]3CC4(CCN3C(=O)C3CCO3)C(=O)Nc3ccccc34)nc(Nc3ccncc3F)c21. The highest BCUT2D eigenvalue weighted by Gasteiger charge is 2.53. The molecule has 41 heavy (non-hydrogen) atoms. The Morgan fingerprint density at radius 2 is 2.10 bits per heavy atom. The third-order valence-corrected chi connectivity index (χ3v) is 8.58. The minimum absolute atomic E-state index is 0.0703. The molecule has 0 aliphatic carbocycles. The number of carbonyl (C=O) groups excluding carboxylic acids is 2. The predicted octanol–water partition coefficient (Wildman–Crippen LogP) is 4.63. The Morgan fingerprint density at radius 3 is 2.85 bits per heavy atom. The summed E-state index contributed by atoms with van der Waals surface area (Å²) in [6, 6.07) is 10.7. The molecular formula is C30H30FN7O3. The van der Waals surface area contributed by atoms with Crippen molar-refractivity contribution in [1.82, 2.24) is 24.4 Å². The van der Waals surface area contributed by atoms with Crippen molar-refractivity contribution in [1.29, 1.82) is 0 Å². The highest BCUT2D eigenvalue weighted by Crippen LogP contribution is 2.50. The summed E-state index contributed by atoms with van der Waals surface area (Å²) in [5.41, 5.74) is 3.10. The molecule has 3 aliphatic heterocycles. The largest absolute Gasteiger partial charge is 0.368 e. The molecule has 2 amide bonds. The van der Waals surface area contributed by atoms with Gasteiger partial charge in [0.25, 0.3) is 5.91 Å². The molecule has 2 saturated heterocycles. The lowest BCUT2D eigenvalue weighted by Crippen LogP contribution is -2.54. The summed E-state index contributed by atoms with van der Waals surface area (Å²) in [5.74, 6) is -0.277. The first kappa shape index (κ1) is 25.6. The zero-order valence-electron chi connectivity index (χ0n) is 22.8. The smallest absolute Gasteiger partial charge is 0.252 e. The van der Waals surface area contributed by atoms with Gasteiger partial charge in [0.1, 0.15) is 11.6 Å². The Hall–Kier alpha value is -4.38. The maximum absolute atomic E-state index is 14.7. The summed E-state index contributed by atoms with van der Waals surface area (Å²) < 4.78 is 22.3. The van der Waals surface area contributed by atoms with Crippen molar-refractivity contribution in [3.63, 3.8) is 0 Å². The molecule has 210 valence electrons. The molecule has 0 saturated carbocycles. The van der Waals surface area contributed by atoms with Crippen molar-refractivity contribution in [2.24, 2.45) is 0 Å². The summed E-state index contributed by atoms with van der Waals surface area (Å²) in [7, 11) is 0. The molecule has 11 heteroatoms. The van der Waals surface area contributed by atoms with Crippen LogP contribution < -0.4 is 10.6 Å². The number of aromatic nitrogens is 4. The van der Waals surface area contributed by atoms with Gasteiger partial charge in [-0.05, 0) is 50.5 Å². The molecule has 1 aromatic carbocycles. The zero-order chi connectivity index (χ0) is 28.3. The number of nitrogens with one attached hydrogen (secondary N) is 2. The standard InChI is InChI=1S/C30H30FN7O3/c1-17(2)38-16-33-23-13-22(35-27(26(23)38)34-21-7-10-32-15-19(21)31)24-14-30(9-11-37(24)28(39)25-8-12-41-25)18-5-3-4-6-20(18)36-29(30)40/h3-7,10,13,15-17,24-25H,8-9,11-12,14H2,1-2H3,(H,36,40)(H,32,34,35)/t24-,25?,30?/m1/s1. The number of imidazole rings is 1. The van der Waals surface area contributed by atoms with E-state index in [9.17, 15) is 14.0 Å². The molecule has 0 bridgehead atoms. The summed E-state index contributed by atoms with van der Waals surface area (Å²) in [5, 5.41) is 6.21. The maximum atomic E-state index is 14.7. The summed E-state index contributed by atoms with van der Waals surface area (Å²) in [6.07, 6.45) is 5.39. The topological polar surface area (TPSA) is 114 Å². The average molecular weight is 556 g/mol. The molecule has 0 radical (unpaired) electrons. The van der Waals surface area contributed by atoms with Gasteiger partial charge in [-0.2, -0.15) is 0 Å². The van der Waals surface area contributed by atoms with Gasteiger partial charge in [0.15, 0.2) is 11.6 Å². The van der Waals surface area contributed by atoms with Crippen LogP contribution >= 0.6 is 0 Å². The second kappa shape index (κ2) is 9.62. The number of carbonyl (C=O) groups is 2. The third-order valence-electron chi connectivity index (χ3n) is 8.58. The highest BCUT2D eigenvalue weighted by atomic mass is 19.1. The predicted molar refractivity (Wildman–Crippen MR) is 150 cm³/mol. The van der Waals surface area contributed by atoms with Gasteiger partial charge in [-0.15, -0.1) is 0 Å². The Bertz CT molecular complexity index is 1680. The van der Waals surface area contributed by atoms with Crippen LogP contribution in [0.5, 0.6) is 0 Å². The Labute approximate surface area is 235 Å². The van der Waals surface area contributed by atoms with Gasteiger partial charge in [-0.25, -0.2) is 14.4 Å². The lowest BCUT2D eigenvalue weighted by atomic mass is 9.70. The van der Waals surface area contributed by atoms with Crippen LogP contribution in [-0.4, -0.2) is 55.5 Å². The molecule has 10 nitrogen and oxygen atoms in total. The van der Waals surface area contributed by atoms with E-state index < -0.39 is 23.4 Å². The fourth-order valence-electron chi connectivity index (χ4n) is 6.31. The third kappa shape index (κ3) is 4.06. The number of pyridine rings is 2. The van der Waals surface area contributed by atoms with Gasteiger partial charge in [-0.1, -0.05) is 18.2 Å². The zero-order valence-corrected chi connectivity index (χ0v) is 22.8. The summed E-state index contributed by atoms with van der Waals surface area (Å²) in [4.78, 5) is 42.6. The molecule has 3 aromatic heterocycles. The van der Waals surface area contributed by atoms with Gasteiger partial charge in [0.2, 0.25) is 5.91 Å². The fourth-order valence-corrected chi connectivity index (χ4v) is 6.31. The number of halogens is 1. The van der Waals surface area contributed by atoms with Gasteiger partial charge >= 0.3 is 0 Å². The monoisotopic (exact) mass is 555 g/mol. The van der Waals surface area contributed by atoms with Crippen LogP contribution in [0.3, 0.4) is 0 Å². The van der Waals surface area contributed by atoms with Gasteiger partial charge in [-0.3, -0.25) is 14.6 Å². The molecule has 1 spiro atoms. The lowest BCUT2D eigenvalue weighted by Gasteiger charge is -2.45. The second-order valence-corrected chi connectivity index (χ2v) is 11.2. The van der Waals surface area contributed by atoms with Crippen molar-refractivity contribution in [3.05, 3.63) is 72.2 Å². The molecule has 2 N–H and O–H groups in total. The number of fused-ring (bicyclic) bond motifs is 3. The van der Waals surface area contributed by atoms with Crippen LogP contribution in [0.4, 0.5) is 21.6 Å². The summed E-state index contributed by atoms with van der Waals surface area (Å²) in [6.45, 7) is 4.99. The number of amides is 2. The first-order chi connectivity index (χ1) is 19.9. The second-order valence-electron chi connectivity index (χ2n) is 11.2. The normalized spacial score (nSPS) is 23.5. The number of rotatable bonds is 5.